The Hall–Kier alpha value is -1.26. The van der Waals surface area contributed by atoms with Crippen LogP contribution in [0.25, 0.3) is 0 Å². The fraction of sp³-hybridized carbons (Fsp3) is 0.200. The summed E-state index contributed by atoms with van der Waals surface area (Å²) < 4.78 is 5.22. The summed E-state index contributed by atoms with van der Waals surface area (Å²) in [6, 6.07) is 13.2. The number of hydrogen-bond donors (Lipinski definition) is 2. The Kier molecular flexibility index (Phi) is 5.26. The average molecular weight is 311 g/mol. The Balaban J connectivity index is 2.23. The van der Waals surface area contributed by atoms with Crippen LogP contribution in [0.4, 0.5) is 0 Å². The van der Waals surface area contributed by atoms with Gasteiger partial charge in [0.15, 0.2) is 0 Å². The van der Waals surface area contributed by atoms with Gasteiger partial charge in [-0.15, -0.1) is 0 Å². The highest BCUT2D eigenvalue weighted by Gasteiger charge is 2.14. The van der Waals surface area contributed by atoms with Crippen molar-refractivity contribution >= 4 is 23.2 Å². The predicted molar refractivity (Wildman–Crippen MR) is 83.2 cm³/mol. The van der Waals surface area contributed by atoms with Crippen LogP contribution in [-0.2, 0) is 6.42 Å². The van der Waals surface area contributed by atoms with Crippen molar-refractivity contribution in [1.29, 1.82) is 0 Å². The van der Waals surface area contributed by atoms with Crippen LogP contribution in [0.3, 0.4) is 0 Å². The van der Waals surface area contributed by atoms with Crippen molar-refractivity contribution in [2.24, 2.45) is 5.84 Å². The van der Waals surface area contributed by atoms with Gasteiger partial charge in [-0.05, 0) is 41.8 Å². The standard InChI is InChI=1S/C15H16Cl2N2O/c1-20-12-4-2-3-10(7-12)8-15(19-18)13-6-5-11(16)9-14(13)17/h2-7,9,15,19H,8,18H2,1H3. The van der Waals surface area contributed by atoms with Gasteiger partial charge in [0.05, 0.1) is 13.2 Å². The minimum absolute atomic E-state index is 0.0909. The molecular weight excluding hydrogens is 295 g/mol. The Morgan fingerprint density at radius 3 is 2.65 bits per heavy atom. The van der Waals surface area contributed by atoms with Gasteiger partial charge < -0.3 is 4.74 Å². The van der Waals surface area contributed by atoms with E-state index in [1.165, 1.54) is 0 Å². The molecule has 0 aliphatic heterocycles. The topological polar surface area (TPSA) is 47.3 Å². The first-order valence-electron chi connectivity index (χ1n) is 6.18. The summed E-state index contributed by atoms with van der Waals surface area (Å²) in [5.41, 5.74) is 4.82. The van der Waals surface area contributed by atoms with E-state index < -0.39 is 0 Å². The molecule has 0 bridgehead atoms. The highest BCUT2D eigenvalue weighted by atomic mass is 35.5. The molecule has 2 rings (SSSR count). The molecule has 106 valence electrons. The van der Waals surface area contributed by atoms with Crippen molar-refractivity contribution in [3.63, 3.8) is 0 Å². The fourth-order valence-corrected chi connectivity index (χ4v) is 2.62. The van der Waals surface area contributed by atoms with Gasteiger partial charge in [0.2, 0.25) is 0 Å². The molecule has 0 spiro atoms. The molecule has 0 saturated heterocycles. The first kappa shape index (κ1) is 15.1. The van der Waals surface area contributed by atoms with Gasteiger partial charge in [0, 0.05) is 10.0 Å². The lowest BCUT2D eigenvalue weighted by Crippen LogP contribution is -2.29. The van der Waals surface area contributed by atoms with Crippen LogP contribution in [0.2, 0.25) is 10.0 Å². The molecule has 0 radical (unpaired) electrons. The number of rotatable bonds is 5. The predicted octanol–water partition coefficient (Wildman–Crippen LogP) is 3.75. The van der Waals surface area contributed by atoms with E-state index in [0.29, 0.717) is 16.5 Å². The summed E-state index contributed by atoms with van der Waals surface area (Å²) in [7, 11) is 1.65. The van der Waals surface area contributed by atoms with Crippen LogP contribution in [-0.4, -0.2) is 7.11 Å². The lowest BCUT2D eigenvalue weighted by atomic mass is 9.99. The summed E-state index contributed by atoms with van der Waals surface area (Å²) in [6.07, 6.45) is 0.703. The SMILES string of the molecule is COc1cccc(CC(NN)c2ccc(Cl)cc2Cl)c1. The lowest BCUT2D eigenvalue weighted by Gasteiger charge is -2.18. The third kappa shape index (κ3) is 3.64. The second kappa shape index (κ2) is 6.95. The third-order valence-corrected chi connectivity index (χ3v) is 3.68. The quantitative estimate of drug-likeness (QED) is 0.653. The molecule has 3 N–H and O–H groups in total. The summed E-state index contributed by atoms with van der Waals surface area (Å²) in [6.45, 7) is 0. The summed E-state index contributed by atoms with van der Waals surface area (Å²) in [4.78, 5) is 0. The molecule has 0 aliphatic rings. The van der Waals surface area contributed by atoms with Gasteiger partial charge in [0.25, 0.3) is 0 Å². The van der Waals surface area contributed by atoms with E-state index in [1.807, 2.05) is 30.3 Å². The Labute approximate surface area is 128 Å². The van der Waals surface area contributed by atoms with Crippen LogP contribution < -0.4 is 16.0 Å². The van der Waals surface area contributed by atoms with E-state index in [4.69, 9.17) is 33.8 Å². The smallest absolute Gasteiger partial charge is 0.119 e. The van der Waals surface area contributed by atoms with Crippen LogP contribution in [0.1, 0.15) is 17.2 Å². The van der Waals surface area contributed by atoms with E-state index in [9.17, 15) is 0 Å². The lowest BCUT2D eigenvalue weighted by molar-refractivity contribution is 0.414. The highest BCUT2D eigenvalue weighted by molar-refractivity contribution is 6.35. The largest absolute Gasteiger partial charge is 0.497 e. The number of nitrogens with one attached hydrogen (secondary N) is 1. The molecule has 5 heteroatoms. The number of nitrogens with two attached hydrogens (primary N) is 1. The normalized spacial score (nSPS) is 12.2. The zero-order chi connectivity index (χ0) is 14.5. The maximum absolute atomic E-state index is 6.22. The molecule has 1 atom stereocenters. The minimum Gasteiger partial charge on any atom is -0.497 e. The monoisotopic (exact) mass is 310 g/mol. The molecule has 3 nitrogen and oxygen atoms in total. The van der Waals surface area contributed by atoms with E-state index in [0.717, 1.165) is 16.9 Å². The number of ether oxygens (including phenoxy) is 1. The zero-order valence-electron chi connectivity index (χ0n) is 11.1. The Morgan fingerprint density at radius 2 is 2.00 bits per heavy atom. The van der Waals surface area contributed by atoms with Crippen molar-refractivity contribution < 1.29 is 4.74 Å². The van der Waals surface area contributed by atoms with Crippen molar-refractivity contribution in [2.45, 2.75) is 12.5 Å². The summed E-state index contributed by atoms with van der Waals surface area (Å²) >= 11 is 12.1. The molecule has 0 aliphatic carbocycles. The average Bonchev–Trinajstić information content (AvgIpc) is 2.45. The number of benzene rings is 2. The van der Waals surface area contributed by atoms with Crippen LogP contribution >= 0.6 is 23.2 Å². The van der Waals surface area contributed by atoms with E-state index in [1.54, 1.807) is 19.2 Å². The maximum atomic E-state index is 6.22. The van der Waals surface area contributed by atoms with Gasteiger partial charge in [-0.3, -0.25) is 11.3 Å². The summed E-state index contributed by atoms with van der Waals surface area (Å²) in [5.74, 6) is 6.48. The fourth-order valence-electron chi connectivity index (χ4n) is 2.08. The first-order valence-corrected chi connectivity index (χ1v) is 6.93. The number of hydrazine groups is 1. The van der Waals surface area contributed by atoms with Crippen LogP contribution in [0.15, 0.2) is 42.5 Å². The molecule has 0 fully saturated rings. The van der Waals surface area contributed by atoms with Gasteiger partial charge >= 0.3 is 0 Å². The van der Waals surface area contributed by atoms with Gasteiger partial charge in [0.1, 0.15) is 5.75 Å². The van der Waals surface area contributed by atoms with E-state index in [2.05, 4.69) is 5.43 Å². The molecule has 0 aromatic heterocycles. The highest BCUT2D eigenvalue weighted by Crippen LogP contribution is 2.28. The molecule has 0 saturated carbocycles. The second-order valence-corrected chi connectivity index (χ2v) is 5.28. The Bertz CT molecular complexity index is 590. The molecule has 1 unspecified atom stereocenters. The zero-order valence-corrected chi connectivity index (χ0v) is 12.6. The molecule has 2 aromatic rings. The van der Waals surface area contributed by atoms with Gasteiger partial charge in [-0.1, -0.05) is 41.4 Å². The first-order chi connectivity index (χ1) is 9.63. The van der Waals surface area contributed by atoms with Crippen LogP contribution in [0, 0.1) is 0 Å². The number of halogens is 2. The van der Waals surface area contributed by atoms with Crippen molar-refractivity contribution in [3.05, 3.63) is 63.6 Å². The maximum Gasteiger partial charge on any atom is 0.119 e. The molecule has 2 aromatic carbocycles. The third-order valence-electron chi connectivity index (χ3n) is 3.11. The van der Waals surface area contributed by atoms with Gasteiger partial charge in [-0.25, -0.2) is 0 Å². The van der Waals surface area contributed by atoms with E-state index >= 15 is 0 Å². The molecular formula is C15H16Cl2N2O. The molecule has 0 heterocycles. The number of methoxy groups -OCH3 is 1. The van der Waals surface area contributed by atoms with Gasteiger partial charge in [-0.2, -0.15) is 0 Å². The van der Waals surface area contributed by atoms with Crippen molar-refractivity contribution in [1.82, 2.24) is 5.43 Å². The van der Waals surface area contributed by atoms with Crippen molar-refractivity contribution in [2.75, 3.05) is 7.11 Å². The van der Waals surface area contributed by atoms with Crippen LogP contribution in [0.5, 0.6) is 5.75 Å². The second-order valence-electron chi connectivity index (χ2n) is 4.44. The van der Waals surface area contributed by atoms with E-state index in [-0.39, 0.29) is 6.04 Å². The number of hydrogen-bond acceptors (Lipinski definition) is 3. The Morgan fingerprint density at radius 1 is 1.20 bits per heavy atom. The molecule has 20 heavy (non-hydrogen) atoms. The minimum atomic E-state index is -0.0909. The molecule has 0 amide bonds. The van der Waals surface area contributed by atoms with Crippen molar-refractivity contribution in [3.8, 4) is 5.75 Å². The summed E-state index contributed by atoms with van der Waals surface area (Å²) in [5, 5.41) is 1.21.